The first kappa shape index (κ1) is 20.4. The van der Waals surface area contributed by atoms with E-state index in [9.17, 15) is 22.8 Å². The van der Waals surface area contributed by atoms with Crippen molar-refractivity contribution >= 4 is 17.9 Å². The normalized spacial score (nSPS) is 15.6. The third kappa shape index (κ3) is 5.16. The lowest BCUT2D eigenvalue weighted by Gasteiger charge is -2.32. The average molecular weight is 404 g/mol. The molecule has 0 spiro atoms. The van der Waals surface area contributed by atoms with Crippen molar-refractivity contribution in [1.29, 1.82) is 0 Å². The largest absolute Gasteiger partial charge is 0.573 e. The molecule has 5 nitrogen and oxygen atoms in total. The summed E-state index contributed by atoms with van der Waals surface area (Å²) < 4.78 is 41.6. The van der Waals surface area contributed by atoms with Gasteiger partial charge in [-0.25, -0.2) is 0 Å². The van der Waals surface area contributed by atoms with Gasteiger partial charge in [0.05, 0.1) is 12.5 Å². The minimum Gasteiger partial charge on any atom is -0.405 e. The van der Waals surface area contributed by atoms with Gasteiger partial charge in [0.1, 0.15) is 5.75 Å². The molecular formula is C21H19F3N2O3. The average Bonchev–Trinajstić information content (AvgIpc) is 2.66. The number of fused-ring (bicyclic) bond motifs is 1. The molecule has 2 amide bonds. The van der Waals surface area contributed by atoms with Crippen LogP contribution in [0.2, 0.25) is 0 Å². The number of nitrogens with one attached hydrogen (secondary N) is 1. The first-order valence-corrected chi connectivity index (χ1v) is 8.91. The molecule has 1 aliphatic rings. The van der Waals surface area contributed by atoms with Crippen molar-refractivity contribution in [3.63, 3.8) is 0 Å². The van der Waals surface area contributed by atoms with E-state index in [-0.39, 0.29) is 30.2 Å². The molecule has 1 aliphatic heterocycles. The fourth-order valence-electron chi connectivity index (χ4n) is 3.23. The SMILES string of the molecule is CC(=O)N1C=Cc2ccccc2C1CC(=O)NCc1ccccc1OC(F)(F)F. The minimum absolute atomic E-state index is 0.0246. The van der Waals surface area contributed by atoms with Gasteiger partial charge in [-0.3, -0.25) is 9.59 Å². The van der Waals surface area contributed by atoms with E-state index >= 15 is 0 Å². The molecular weight excluding hydrogens is 385 g/mol. The topological polar surface area (TPSA) is 58.6 Å². The van der Waals surface area contributed by atoms with Gasteiger partial charge in [0.15, 0.2) is 0 Å². The van der Waals surface area contributed by atoms with Crippen molar-refractivity contribution in [2.45, 2.75) is 32.3 Å². The number of hydrogen-bond donors (Lipinski definition) is 1. The number of halogens is 3. The molecule has 152 valence electrons. The van der Waals surface area contributed by atoms with Crippen molar-refractivity contribution in [2.75, 3.05) is 0 Å². The van der Waals surface area contributed by atoms with Gasteiger partial charge >= 0.3 is 6.36 Å². The maximum atomic E-state index is 12.5. The Morgan fingerprint density at radius 2 is 1.79 bits per heavy atom. The Bertz CT molecular complexity index is 941. The molecule has 0 radical (unpaired) electrons. The van der Waals surface area contributed by atoms with Crippen LogP contribution in [0.4, 0.5) is 13.2 Å². The highest BCUT2D eigenvalue weighted by molar-refractivity contribution is 5.81. The molecule has 1 atom stereocenters. The van der Waals surface area contributed by atoms with Crippen LogP contribution in [0.3, 0.4) is 0 Å². The summed E-state index contributed by atoms with van der Waals surface area (Å²) in [5.74, 6) is -0.970. The van der Waals surface area contributed by atoms with Crippen LogP contribution in [0.25, 0.3) is 6.08 Å². The Morgan fingerprint density at radius 3 is 2.52 bits per heavy atom. The van der Waals surface area contributed by atoms with Crippen molar-refractivity contribution in [3.8, 4) is 5.75 Å². The Morgan fingerprint density at radius 1 is 1.10 bits per heavy atom. The van der Waals surface area contributed by atoms with Gasteiger partial charge in [-0.05, 0) is 23.3 Å². The van der Waals surface area contributed by atoms with Crippen LogP contribution in [0.15, 0.2) is 54.7 Å². The lowest BCUT2D eigenvalue weighted by Crippen LogP contribution is -2.35. The molecule has 8 heteroatoms. The summed E-state index contributed by atoms with van der Waals surface area (Å²) >= 11 is 0. The molecule has 29 heavy (non-hydrogen) atoms. The van der Waals surface area contributed by atoms with Gasteiger partial charge in [-0.1, -0.05) is 42.5 Å². The fourth-order valence-corrected chi connectivity index (χ4v) is 3.23. The van der Waals surface area contributed by atoms with Crippen molar-refractivity contribution in [2.24, 2.45) is 0 Å². The van der Waals surface area contributed by atoms with E-state index in [0.29, 0.717) is 0 Å². The van der Waals surface area contributed by atoms with E-state index in [1.54, 1.807) is 18.3 Å². The lowest BCUT2D eigenvalue weighted by atomic mass is 9.93. The van der Waals surface area contributed by atoms with E-state index in [1.165, 1.54) is 30.0 Å². The standard InChI is InChI=1S/C21H19F3N2O3/c1-14(27)26-11-10-15-6-2-4-8-17(15)18(26)12-20(28)25-13-16-7-3-5-9-19(16)29-21(22,23)24/h2-11,18H,12-13H2,1H3,(H,25,28). The maximum Gasteiger partial charge on any atom is 0.573 e. The third-order valence-corrected chi connectivity index (χ3v) is 4.52. The van der Waals surface area contributed by atoms with Crippen molar-refractivity contribution in [3.05, 3.63) is 71.4 Å². The zero-order valence-corrected chi connectivity index (χ0v) is 15.6. The summed E-state index contributed by atoms with van der Waals surface area (Å²) in [6, 6.07) is 12.5. The van der Waals surface area contributed by atoms with Crippen LogP contribution in [0.1, 0.15) is 36.1 Å². The van der Waals surface area contributed by atoms with Crippen LogP contribution in [-0.2, 0) is 16.1 Å². The molecule has 0 aliphatic carbocycles. The molecule has 1 N–H and O–H groups in total. The highest BCUT2D eigenvalue weighted by Gasteiger charge is 2.32. The molecule has 1 heterocycles. The number of amides is 2. The summed E-state index contributed by atoms with van der Waals surface area (Å²) in [5.41, 5.74) is 1.94. The number of rotatable bonds is 5. The molecule has 0 saturated heterocycles. The summed E-state index contributed by atoms with van der Waals surface area (Å²) in [6.07, 6.45) is -1.41. The van der Waals surface area contributed by atoms with Gasteiger partial charge in [0, 0.05) is 25.2 Å². The molecule has 1 unspecified atom stereocenters. The van der Waals surface area contributed by atoms with Gasteiger partial charge < -0.3 is 15.0 Å². The quantitative estimate of drug-likeness (QED) is 0.814. The molecule has 3 rings (SSSR count). The van der Waals surface area contributed by atoms with Crippen molar-refractivity contribution in [1.82, 2.24) is 10.2 Å². The van der Waals surface area contributed by atoms with Crippen LogP contribution in [-0.4, -0.2) is 23.1 Å². The second-order valence-corrected chi connectivity index (χ2v) is 6.52. The highest BCUT2D eigenvalue weighted by atomic mass is 19.4. The van der Waals surface area contributed by atoms with E-state index in [0.717, 1.165) is 11.1 Å². The second-order valence-electron chi connectivity index (χ2n) is 6.52. The summed E-state index contributed by atoms with van der Waals surface area (Å²) in [7, 11) is 0. The zero-order valence-electron chi connectivity index (χ0n) is 15.6. The van der Waals surface area contributed by atoms with Crippen LogP contribution >= 0.6 is 0 Å². The lowest BCUT2D eigenvalue weighted by molar-refractivity contribution is -0.274. The Kier molecular flexibility index (Phi) is 5.91. The smallest absolute Gasteiger partial charge is 0.405 e. The molecule has 0 bridgehead atoms. The van der Waals surface area contributed by atoms with Crippen LogP contribution in [0, 0.1) is 0 Å². The summed E-state index contributed by atoms with van der Waals surface area (Å²) in [4.78, 5) is 26.0. The number of benzene rings is 2. The van der Waals surface area contributed by atoms with E-state index in [4.69, 9.17) is 0 Å². The number of carbonyl (C=O) groups is 2. The maximum absolute atomic E-state index is 12.5. The van der Waals surface area contributed by atoms with Crippen LogP contribution < -0.4 is 10.1 Å². The second kappa shape index (κ2) is 8.38. The Balaban J connectivity index is 1.71. The number of hydrogen-bond acceptors (Lipinski definition) is 3. The monoisotopic (exact) mass is 404 g/mol. The number of carbonyl (C=O) groups excluding carboxylic acids is 2. The molecule has 2 aromatic rings. The zero-order chi connectivity index (χ0) is 21.0. The minimum atomic E-state index is -4.82. The highest BCUT2D eigenvalue weighted by Crippen LogP contribution is 2.33. The molecule has 0 fully saturated rings. The number of ether oxygens (including phenoxy) is 1. The molecule has 0 aromatic heterocycles. The predicted octanol–water partition coefficient (Wildman–Crippen LogP) is 4.17. The van der Waals surface area contributed by atoms with E-state index < -0.39 is 18.3 Å². The first-order chi connectivity index (χ1) is 13.7. The van der Waals surface area contributed by atoms with E-state index in [1.807, 2.05) is 24.3 Å². The van der Waals surface area contributed by atoms with Crippen molar-refractivity contribution < 1.29 is 27.5 Å². The first-order valence-electron chi connectivity index (χ1n) is 8.91. The van der Waals surface area contributed by atoms with Gasteiger partial charge in [-0.15, -0.1) is 13.2 Å². The summed E-state index contributed by atoms with van der Waals surface area (Å²) in [5, 5.41) is 2.61. The summed E-state index contributed by atoms with van der Waals surface area (Å²) in [6.45, 7) is 1.28. The molecule has 0 saturated carbocycles. The number of alkyl halides is 3. The number of nitrogens with zero attached hydrogens (tertiary/aromatic N) is 1. The Labute approximate surface area is 165 Å². The fraction of sp³-hybridized carbons (Fsp3) is 0.238. The number of para-hydroxylation sites is 1. The molecule has 2 aromatic carbocycles. The van der Waals surface area contributed by atoms with Gasteiger partial charge in [-0.2, -0.15) is 0 Å². The van der Waals surface area contributed by atoms with E-state index in [2.05, 4.69) is 10.1 Å². The van der Waals surface area contributed by atoms with Gasteiger partial charge in [0.25, 0.3) is 0 Å². The predicted molar refractivity (Wildman–Crippen MR) is 100 cm³/mol. The third-order valence-electron chi connectivity index (χ3n) is 4.52. The van der Waals surface area contributed by atoms with Gasteiger partial charge in [0.2, 0.25) is 11.8 Å². The van der Waals surface area contributed by atoms with Crippen LogP contribution in [0.5, 0.6) is 5.75 Å². The Hall–Kier alpha value is -3.29.